The molecule has 2 fully saturated rings. The van der Waals surface area contributed by atoms with Crippen molar-refractivity contribution in [2.24, 2.45) is 0 Å². The van der Waals surface area contributed by atoms with Crippen LogP contribution in [0.4, 0.5) is 11.4 Å². The zero-order chi connectivity index (χ0) is 14.5. The van der Waals surface area contributed by atoms with E-state index in [2.05, 4.69) is 40.4 Å². The summed E-state index contributed by atoms with van der Waals surface area (Å²) in [6.45, 7) is 6.33. The van der Waals surface area contributed by atoms with Crippen molar-refractivity contribution in [1.82, 2.24) is 4.90 Å². The summed E-state index contributed by atoms with van der Waals surface area (Å²) in [5, 5.41) is 3.61. The maximum atomic E-state index is 5.42. The van der Waals surface area contributed by atoms with E-state index < -0.39 is 0 Å². The minimum absolute atomic E-state index is 0.528. The van der Waals surface area contributed by atoms with Crippen LogP contribution in [0.1, 0.15) is 19.3 Å². The molecular formula is C17H26N3O. The fourth-order valence-corrected chi connectivity index (χ4v) is 3.10. The molecule has 2 aliphatic rings. The maximum absolute atomic E-state index is 5.42. The summed E-state index contributed by atoms with van der Waals surface area (Å²) in [5.41, 5.74) is 2.44. The number of ether oxygens (including phenoxy) is 1. The van der Waals surface area contributed by atoms with Crippen molar-refractivity contribution >= 4 is 11.4 Å². The van der Waals surface area contributed by atoms with E-state index in [-0.39, 0.29) is 0 Å². The summed E-state index contributed by atoms with van der Waals surface area (Å²) < 4.78 is 5.42. The molecule has 115 valence electrons. The number of likely N-dealkylation sites (N-methyl/N-ethyl adjacent to an activating group) is 1. The Bertz CT molecular complexity index is 445. The van der Waals surface area contributed by atoms with Crippen molar-refractivity contribution in [1.29, 1.82) is 0 Å². The minimum atomic E-state index is 0.528. The van der Waals surface area contributed by atoms with Gasteiger partial charge in [0.05, 0.1) is 0 Å². The molecular weight excluding hydrogens is 262 g/mol. The van der Waals surface area contributed by atoms with Crippen LogP contribution in [0.5, 0.6) is 0 Å². The lowest BCUT2D eigenvalue weighted by Gasteiger charge is -2.26. The van der Waals surface area contributed by atoms with Crippen LogP contribution < -0.4 is 10.2 Å². The third-order valence-corrected chi connectivity index (χ3v) is 4.45. The fraction of sp³-hybridized carbons (Fsp3) is 0.647. The van der Waals surface area contributed by atoms with Crippen LogP contribution in [0.2, 0.25) is 0 Å². The van der Waals surface area contributed by atoms with E-state index >= 15 is 0 Å². The van der Waals surface area contributed by atoms with Gasteiger partial charge in [0.1, 0.15) is 0 Å². The quantitative estimate of drug-likeness (QED) is 0.923. The summed E-state index contributed by atoms with van der Waals surface area (Å²) >= 11 is 0. The molecule has 2 aliphatic heterocycles. The second kappa shape index (κ2) is 7.14. The highest BCUT2D eigenvalue weighted by molar-refractivity contribution is 5.58. The van der Waals surface area contributed by atoms with E-state index in [1.165, 1.54) is 18.7 Å². The van der Waals surface area contributed by atoms with Crippen LogP contribution in [0.15, 0.2) is 18.2 Å². The number of nitrogens with one attached hydrogen (secondary N) is 1. The molecule has 0 bridgehead atoms. The van der Waals surface area contributed by atoms with Gasteiger partial charge in [-0.05, 0) is 45.0 Å². The Morgan fingerprint density at radius 3 is 2.90 bits per heavy atom. The molecule has 1 aromatic carbocycles. The first-order valence-electron chi connectivity index (χ1n) is 8.11. The molecule has 1 aromatic rings. The molecule has 0 aliphatic carbocycles. The van der Waals surface area contributed by atoms with Crippen molar-refractivity contribution in [3.05, 3.63) is 24.3 Å². The molecule has 0 unspecified atom stereocenters. The van der Waals surface area contributed by atoms with Gasteiger partial charge in [0.25, 0.3) is 0 Å². The highest BCUT2D eigenvalue weighted by atomic mass is 16.5. The van der Waals surface area contributed by atoms with E-state index in [1.807, 2.05) is 6.07 Å². The average molecular weight is 288 g/mol. The Morgan fingerprint density at radius 2 is 2.05 bits per heavy atom. The molecule has 4 nitrogen and oxygen atoms in total. The lowest BCUT2D eigenvalue weighted by Crippen LogP contribution is -2.29. The topological polar surface area (TPSA) is 27.7 Å². The number of hydrogen-bond donors (Lipinski definition) is 1. The second-order valence-corrected chi connectivity index (χ2v) is 6.14. The molecule has 1 radical (unpaired) electrons. The van der Waals surface area contributed by atoms with Crippen LogP contribution in [0.25, 0.3) is 0 Å². The molecule has 0 spiro atoms. The van der Waals surface area contributed by atoms with Gasteiger partial charge in [0.15, 0.2) is 0 Å². The Morgan fingerprint density at radius 1 is 1.19 bits per heavy atom. The van der Waals surface area contributed by atoms with Crippen molar-refractivity contribution in [3.63, 3.8) is 0 Å². The Kier molecular flexibility index (Phi) is 4.99. The first-order valence-corrected chi connectivity index (χ1v) is 8.11. The van der Waals surface area contributed by atoms with Crippen LogP contribution in [-0.4, -0.2) is 57.4 Å². The maximum Gasteiger partial charge on any atom is 0.0485 e. The standard InChI is InChI=1S/C17H26N3O/c1-19-8-3-9-20(11-10-19)17-5-2-4-16(14-17)18-15-6-12-21-13-7-15/h2,5,14-15,18H,3,6-13H2,1H3. The summed E-state index contributed by atoms with van der Waals surface area (Å²) in [7, 11) is 2.21. The SMILES string of the molecule is CN1CCCN(c2cc[c]c(NC3CCOCC3)c2)CC1. The Balaban J connectivity index is 1.64. The van der Waals surface area contributed by atoms with Crippen molar-refractivity contribution in [2.75, 3.05) is 56.7 Å². The van der Waals surface area contributed by atoms with Crippen LogP contribution >= 0.6 is 0 Å². The Hall–Kier alpha value is -1.26. The van der Waals surface area contributed by atoms with E-state index in [0.29, 0.717) is 6.04 Å². The van der Waals surface area contributed by atoms with Gasteiger partial charge < -0.3 is 19.9 Å². The van der Waals surface area contributed by atoms with Gasteiger partial charge in [-0.15, -0.1) is 0 Å². The highest BCUT2D eigenvalue weighted by Gasteiger charge is 2.15. The van der Waals surface area contributed by atoms with Gasteiger partial charge in [0.2, 0.25) is 0 Å². The molecule has 2 saturated heterocycles. The zero-order valence-corrected chi connectivity index (χ0v) is 13.0. The lowest BCUT2D eigenvalue weighted by atomic mass is 10.1. The molecule has 0 atom stereocenters. The third-order valence-electron chi connectivity index (χ3n) is 4.45. The van der Waals surface area contributed by atoms with Crippen molar-refractivity contribution < 1.29 is 4.74 Å². The number of anilines is 2. The fourth-order valence-electron chi connectivity index (χ4n) is 3.10. The van der Waals surface area contributed by atoms with Crippen molar-refractivity contribution in [3.8, 4) is 0 Å². The van der Waals surface area contributed by atoms with E-state index in [0.717, 1.165) is 51.4 Å². The van der Waals surface area contributed by atoms with Gasteiger partial charge >= 0.3 is 0 Å². The van der Waals surface area contributed by atoms with Crippen LogP contribution in [0.3, 0.4) is 0 Å². The molecule has 3 rings (SSSR count). The molecule has 4 heteroatoms. The molecule has 0 saturated carbocycles. The summed E-state index contributed by atoms with van der Waals surface area (Å²) in [5.74, 6) is 0. The van der Waals surface area contributed by atoms with E-state index in [4.69, 9.17) is 4.74 Å². The molecule has 0 amide bonds. The summed E-state index contributed by atoms with van der Waals surface area (Å²) in [6.07, 6.45) is 3.41. The van der Waals surface area contributed by atoms with E-state index in [1.54, 1.807) is 0 Å². The minimum Gasteiger partial charge on any atom is -0.382 e. The van der Waals surface area contributed by atoms with Crippen LogP contribution in [-0.2, 0) is 4.74 Å². The number of hydrogen-bond acceptors (Lipinski definition) is 4. The monoisotopic (exact) mass is 288 g/mol. The molecule has 2 heterocycles. The van der Waals surface area contributed by atoms with Crippen LogP contribution in [0, 0.1) is 6.07 Å². The zero-order valence-electron chi connectivity index (χ0n) is 13.0. The summed E-state index contributed by atoms with van der Waals surface area (Å²) in [6, 6.07) is 10.3. The molecule has 1 N–H and O–H groups in total. The molecule has 0 aromatic heterocycles. The highest BCUT2D eigenvalue weighted by Crippen LogP contribution is 2.22. The number of nitrogens with zero attached hydrogens (tertiary/aromatic N) is 2. The number of benzene rings is 1. The average Bonchev–Trinajstić information content (AvgIpc) is 2.73. The number of rotatable bonds is 3. The normalized spacial score (nSPS) is 22.0. The predicted molar refractivity (Wildman–Crippen MR) is 87.1 cm³/mol. The van der Waals surface area contributed by atoms with Gasteiger partial charge in [-0.2, -0.15) is 0 Å². The Labute approximate surface area is 128 Å². The second-order valence-electron chi connectivity index (χ2n) is 6.14. The lowest BCUT2D eigenvalue weighted by molar-refractivity contribution is 0.0904. The first kappa shape index (κ1) is 14.7. The van der Waals surface area contributed by atoms with Gasteiger partial charge in [-0.1, -0.05) is 6.07 Å². The van der Waals surface area contributed by atoms with Gasteiger partial charge in [-0.3, -0.25) is 0 Å². The van der Waals surface area contributed by atoms with Gasteiger partial charge in [0, 0.05) is 56.3 Å². The van der Waals surface area contributed by atoms with Gasteiger partial charge in [-0.25, -0.2) is 0 Å². The van der Waals surface area contributed by atoms with Crippen molar-refractivity contribution in [2.45, 2.75) is 25.3 Å². The van der Waals surface area contributed by atoms with E-state index in [9.17, 15) is 0 Å². The summed E-state index contributed by atoms with van der Waals surface area (Å²) in [4.78, 5) is 4.91. The largest absolute Gasteiger partial charge is 0.382 e. The smallest absolute Gasteiger partial charge is 0.0485 e. The predicted octanol–water partition coefficient (Wildman–Crippen LogP) is 2.22. The first-order chi connectivity index (χ1) is 10.3. The third kappa shape index (κ3) is 4.11. The molecule has 21 heavy (non-hydrogen) atoms.